The van der Waals surface area contributed by atoms with Crippen LogP contribution in [-0.4, -0.2) is 20.9 Å². The summed E-state index contributed by atoms with van der Waals surface area (Å²) < 4.78 is 0.691. The van der Waals surface area contributed by atoms with Gasteiger partial charge in [0.2, 0.25) is 0 Å². The van der Waals surface area contributed by atoms with Crippen LogP contribution in [0.2, 0.25) is 0 Å². The Kier molecular flexibility index (Phi) is 3.29. The van der Waals surface area contributed by atoms with Gasteiger partial charge < -0.3 is 11.1 Å². The normalized spacial score (nSPS) is 9.94. The fourth-order valence-electron chi connectivity index (χ4n) is 1.12. The first kappa shape index (κ1) is 11.5. The minimum absolute atomic E-state index is 0.197. The van der Waals surface area contributed by atoms with Gasteiger partial charge in [0, 0.05) is 12.4 Å². The summed E-state index contributed by atoms with van der Waals surface area (Å²) in [6, 6.07) is 1.67. The van der Waals surface area contributed by atoms with E-state index in [9.17, 15) is 4.79 Å². The molecule has 0 atom stereocenters. The molecule has 0 saturated carbocycles. The highest BCUT2D eigenvalue weighted by molar-refractivity contribution is 9.10. The van der Waals surface area contributed by atoms with Crippen molar-refractivity contribution in [3.8, 4) is 0 Å². The third-order valence-electron chi connectivity index (χ3n) is 1.93. The van der Waals surface area contributed by atoms with E-state index in [1.165, 1.54) is 12.4 Å². The average Bonchev–Trinajstić information content (AvgIpc) is 2.33. The zero-order valence-electron chi connectivity index (χ0n) is 8.59. The van der Waals surface area contributed by atoms with Gasteiger partial charge in [0.05, 0.1) is 22.6 Å². The van der Waals surface area contributed by atoms with E-state index < -0.39 is 0 Å². The molecule has 0 aliphatic carbocycles. The van der Waals surface area contributed by atoms with E-state index in [4.69, 9.17) is 5.73 Å². The van der Waals surface area contributed by atoms with Crippen molar-refractivity contribution in [2.24, 2.45) is 0 Å². The number of aromatic nitrogens is 3. The molecule has 1 amide bonds. The number of carbonyl (C=O) groups is 1. The van der Waals surface area contributed by atoms with Crippen molar-refractivity contribution in [2.75, 3.05) is 11.1 Å². The van der Waals surface area contributed by atoms with Crippen LogP contribution in [0, 0.1) is 0 Å². The Hall–Kier alpha value is -2.02. The number of rotatable bonds is 2. The first-order valence-corrected chi connectivity index (χ1v) is 5.44. The van der Waals surface area contributed by atoms with Crippen LogP contribution in [-0.2, 0) is 0 Å². The van der Waals surface area contributed by atoms with Crippen LogP contribution in [0.15, 0.2) is 35.3 Å². The highest BCUT2D eigenvalue weighted by atomic mass is 79.9. The van der Waals surface area contributed by atoms with Gasteiger partial charge in [-0.2, -0.15) is 0 Å². The van der Waals surface area contributed by atoms with E-state index in [2.05, 4.69) is 36.2 Å². The maximum Gasteiger partial charge on any atom is 0.275 e. The number of halogens is 1. The van der Waals surface area contributed by atoms with Crippen molar-refractivity contribution in [3.63, 3.8) is 0 Å². The van der Waals surface area contributed by atoms with E-state index in [1.807, 2.05) is 0 Å². The molecule has 6 nitrogen and oxygen atoms in total. The maximum atomic E-state index is 11.8. The third kappa shape index (κ3) is 2.76. The molecule has 2 aromatic heterocycles. The SMILES string of the molecule is Nc1cnc(C(=O)Nc2ccncc2Br)cn1. The lowest BCUT2D eigenvalue weighted by molar-refractivity contribution is 0.102. The Balaban J connectivity index is 2.17. The Bertz CT molecular complexity index is 543. The molecule has 2 rings (SSSR count). The first-order valence-electron chi connectivity index (χ1n) is 4.65. The number of amides is 1. The number of nitrogens with zero attached hydrogens (tertiary/aromatic N) is 3. The van der Waals surface area contributed by atoms with Gasteiger partial charge in [0.15, 0.2) is 0 Å². The number of hydrogen-bond acceptors (Lipinski definition) is 5. The van der Waals surface area contributed by atoms with Gasteiger partial charge in [0.25, 0.3) is 5.91 Å². The Morgan fingerprint density at radius 2 is 2.12 bits per heavy atom. The molecule has 0 spiro atoms. The summed E-state index contributed by atoms with van der Waals surface area (Å²) in [6.45, 7) is 0. The number of nitrogens with two attached hydrogens (primary N) is 1. The lowest BCUT2D eigenvalue weighted by Gasteiger charge is -2.05. The highest BCUT2D eigenvalue weighted by Gasteiger charge is 2.09. The summed E-state index contributed by atoms with van der Waals surface area (Å²) in [6.07, 6.45) is 5.82. The molecule has 0 radical (unpaired) electrons. The number of hydrogen-bond donors (Lipinski definition) is 2. The van der Waals surface area contributed by atoms with E-state index in [0.717, 1.165) is 0 Å². The number of nitrogen functional groups attached to an aromatic ring is 1. The Labute approximate surface area is 105 Å². The molecule has 0 unspecified atom stereocenters. The highest BCUT2D eigenvalue weighted by Crippen LogP contribution is 2.20. The molecule has 0 bridgehead atoms. The van der Waals surface area contributed by atoms with Gasteiger partial charge in [-0.25, -0.2) is 9.97 Å². The summed E-state index contributed by atoms with van der Waals surface area (Å²) in [5.74, 6) is -0.0870. The standard InChI is InChI=1S/C10H8BrN5O/c11-6-3-13-2-1-7(6)16-10(17)8-4-15-9(12)5-14-8/h1-5H,(H2,12,15)(H,13,16,17). The summed E-state index contributed by atoms with van der Waals surface area (Å²) in [5.41, 5.74) is 6.19. The van der Waals surface area contributed by atoms with E-state index >= 15 is 0 Å². The predicted octanol–water partition coefficient (Wildman–Crippen LogP) is 1.47. The molecular weight excluding hydrogens is 286 g/mol. The van der Waals surface area contributed by atoms with Gasteiger partial charge >= 0.3 is 0 Å². The second-order valence-electron chi connectivity index (χ2n) is 3.14. The summed E-state index contributed by atoms with van der Waals surface area (Å²) in [7, 11) is 0. The molecule has 2 heterocycles. The van der Waals surface area contributed by atoms with Crippen LogP contribution in [0.5, 0.6) is 0 Å². The minimum Gasteiger partial charge on any atom is -0.382 e. The van der Waals surface area contributed by atoms with Crippen molar-refractivity contribution < 1.29 is 4.79 Å². The first-order chi connectivity index (χ1) is 8.16. The zero-order chi connectivity index (χ0) is 12.3. The predicted molar refractivity (Wildman–Crippen MR) is 66.3 cm³/mol. The number of nitrogens with one attached hydrogen (secondary N) is 1. The van der Waals surface area contributed by atoms with Crippen LogP contribution in [0.3, 0.4) is 0 Å². The molecule has 0 fully saturated rings. The van der Waals surface area contributed by atoms with Crippen LogP contribution < -0.4 is 11.1 Å². The van der Waals surface area contributed by atoms with Crippen molar-refractivity contribution in [2.45, 2.75) is 0 Å². The van der Waals surface area contributed by atoms with Crippen LogP contribution in [0.4, 0.5) is 11.5 Å². The lowest BCUT2D eigenvalue weighted by Crippen LogP contribution is -2.14. The van der Waals surface area contributed by atoms with Gasteiger partial charge in [-0.1, -0.05) is 0 Å². The summed E-state index contributed by atoms with van der Waals surface area (Å²) in [5, 5.41) is 2.68. The third-order valence-corrected chi connectivity index (χ3v) is 2.56. The molecular formula is C10H8BrN5O. The molecule has 0 aliphatic heterocycles. The lowest BCUT2D eigenvalue weighted by atomic mass is 10.3. The number of pyridine rings is 1. The Morgan fingerprint density at radius 1 is 1.29 bits per heavy atom. The fraction of sp³-hybridized carbons (Fsp3) is 0. The van der Waals surface area contributed by atoms with Gasteiger partial charge in [-0.15, -0.1) is 0 Å². The molecule has 0 aliphatic rings. The minimum atomic E-state index is -0.357. The van der Waals surface area contributed by atoms with Crippen molar-refractivity contribution in [3.05, 3.63) is 41.0 Å². The van der Waals surface area contributed by atoms with Crippen LogP contribution >= 0.6 is 15.9 Å². The molecule has 3 N–H and O–H groups in total. The molecule has 17 heavy (non-hydrogen) atoms. The monoisotopic (exact) mass is 293 g/mol. The van der Waals surface area contributed by atoms with E-state index in [1.54, 1.807) is 18.5 Å². The van der Waals surface area contributed by atoms with Gasteiger partial charge in [-0.3, -0.25) is 9.78 Å². The summed E-state index contributed by atoms with van der Waals surface area (Å²) in [4.78, 5) is 23.3. The quantitative estimate of drug-likeness (QED) is 0.874. The number of carbonyl (C=O) groups excluding carboxylic acids is 1. The van der Waals surface area contributed by atoms with E-state index in [0.29, 0.717) is 10.2 Å². The zero-order valence-corrected chi connectivity index (χ0v) is 10.2. The molecule has 0 saturated heterocycles. The fourth-order valence-corrected chi connectivity index (χ4v) is 1.47. The molecule has 7 heteroatoms. The number of anilines is 2. The largest absolute Gasteiger partial charge is 0.382 e. The van der Waals surface area contributed by atoms with Crippen LogP contribution in [0.25, 0.3) is 0 Å². The van der Waals surface area contributed by atoms with Crippen molar-refractivity contribution in [1.29, 1.82) is 0 Å². The molecule has 86 valence electrons. The smallest absolute Gasteiger partial charge is 0.275 e. The Morgan fingerprint density at radius 3 is 2.76 bits per heavy atom. The van der Waals surface area contributed by atoms with Gasteiger partial charge in [-0.05, 0) is 22.0 Å². The average molecular weight is 294 g/mol. The second kappa shape index (κ2) is 4.88. The van der Waals surface area contributed by atoms with Gasteiger partial charge in [0.1, 0.15) is 11.5 Å². The summed E-state index contributed by atoms with van der Waals surface area (Å²) >= 11 is 3.28. The van der Waals surface area contributed by atoms with Crippen LogP contribution in [0.1, 0.15) is 10.5 Å². The van der Waals surface area contributed by atoms with E-state index in [-0.39, 0.29) is 17.4 Å². The molecule has 0 aromatic carbocycles. The second-order valence-corrected chi connectivity index (χ2v) is 3.99. The van der Waals surface area contributed by atoms with Crippen molar-refractivity contribution in [1.82, 2.24) is 15.0 Å². The maximum absolute atomic E-state index is 11.8. The van der Waals surface area contributed by atoms with Crippen molar-refractivity contribution >= 4 is 33.3 Å². The topological polar surface area (TPSA) is 93.8 Å². The molecule has 2 aromatic rings.